The van der Waals surface area contributed by atoms with Crippen LogP contribution in [0, 0.1) is 0 Å². The zero-order chi connectivity index (χ0) is 13.9. The third-order valence-electron chi connectivity index (χ3n) is 3.74. The third kappa shape index (κ3) is 3.21. The van der Waals surface area contributed by atoms with Crippen molar-refractivity contribution >= 4 is 28.9 Å². The Labute approximate surface area is 129 Å². The Morgan fingerprint density at radius 3 is 2.45 bits per heavy atom. The average molecular weight is 317 g/mol. The fourth-order valence-electron chi connectivity index (χ4n) is 2.63. The highest BCUT2D eigenvalue weighted by molar-refractivity contribution is 6.43. The highest BCUT2D eigenvalue weighted by Crippen LogP contribution is 2.32. The number of hydrogen-bond donors (Lipinski definition) is 0. The number of piperazine rings is 1. The quantitative estimate of drug-likeness (QED) is 0.855. The maximum Gasteiger partial charge on any atom is 0.170 e. The molecule has 1 aromatic rings. The molecule has 0 atom stereocenters. The van der Waals surface area contributed by atoms with E-state index < -0.39 is 0 Å². The molecule has 2 heterocycles. The summed E-state index contributed by atoms with van der Waals surface area (Å²) in [6, 6.07) is 5.78. The Balaban J connectivity index is 1.56. The molecule has 0 saturated carbocycles. The van der Waals surface area contributed by atoms with Crippen LogP contribution in [0.3, 0.4) is 0 Å². The molecule has 2 aliphatic rings. The molecule has 0 radical (unpaired) electrons. The maximum absolute atomic E-state index is 6.27. The maximum atomic E-state index is 6.27. The molecule has 0 aliphatic carbocycles. The van der Waals surface area contributed by atoms with Crippen molar-refractivity contribution in [2.45, 2.75) is 6.29 Å². The van der Waals surface area contributed by atoms with Gasteiger partial charge in [0.1, 0.15) is 0 Å². The van der Waals surface area contributed by atoms with Gasteiger partial charge in [-0.15, -0.1) is 0 Å². The van der Waals surface area contributed by atoms with Crippen molar-refractivity contribution in [3.63, 3.8) is 0 Å². The molecule has 0 amide bonds. The van der Waals surface area contributed by atoms with Crippen molar-refractivity contribution in [2.75, 3.05) is 50.8 Å². The molecule has 2 saturated heterocycles. The molecule has 20 heavy (non-hydrogen) atoms. The topological polar surface area (TPSA) is 24.9 Å². The Morgan fingerprint density at radius 2 is 1.75 bits per heavy atom. The van der Waals surface area contributed by atoms with Gasteiger partial charge in [-0.1, -0.05) is 29.3 Å². The summed E-state index contributed by atoms with van der Waals surface area (Å²) in [7, 11) is 0. The van der Waals surface area contributed by atoms with Crippen LogP contribution in [0.15, 0.2) is 18.2 Å². The Hall–Kier alpha value is -0.520. The molecular weight excluding hydrogens is 299 g/mol. The molecule has 0 bridgehead atoms. The summed E-state index contributed by atoms with van der Waals surface area (Å²) in [5, 5.41) is 1.25. The average Bonchev–Trinajstić information content (AvgIpc) is 2.96. The first-order valence-electron chi connectivity index (χ1n) is 6.88. The van der Waals surface area contributed by atoms with E-state index in [9.17, 15) is 0 Å². The lowest BCUT2D eigenvalue weighted by Gasteiger charge is -2.37. The summed E-state index contributed by atoms with van der Waals surface area (Å²) in [5.41, 5.74) is 1.02. The minimum Gasteiger partial charge on any atom is -0.368 e. The van der Waals surface area contributed by atoms with Crippen LogP contribution in [0.2, 0.25) is 10.0 Å². The highest BCUT2D eigenvalue weighted by Gasteiger charge is 2.24. The summed E-state index contributed by atoms with van der Waals surface area (Å²) in [5.74, 6) is 0. The lowest BCUT2D eigenvalue weighted by atomic mass is 10.2. The van der Waals surface area contributed by atoms with Crippen LogP contribution >= 0.6 is 23.2 Å². The highest BCUT2D eigenvalue weighted by atomic mass is 35.5. The largest absolute Gasteiger partial charge is 0.368 e. The molecule has 110 valence electrons. The molecule has 0 N–H and O–H groups in total. The molecule has 6 heteroatoms. The fraction of sp³-hybridized carbons (Fsp3) is 0.571. The molecule has 2 aliphatic heterocycles. The van der Waals surface area contributed by atoms with Crippen molar-refractivity contribution in [2.24, 2.45) is 0 Å². The first-order valence-corrected chi connectivity index (χ1v) is 7.64. The molecule has 0 spiro atoms. The number of benzene rings is 1. The fourth-order valence-corrected chi connectivity index (χ4v) is 3.05. The SMILES string of the molecule is Clc1cccc(N2CCN(CC3OCCO3)CC2)c1Cl. The van der Waals surface area contributed by atoms with E-state index in [0.29, 0.717) is 23.3 Å². The van der Waals surface area contributed by atoms with Crippen molar-refractivity contribution in [3.05, 3.63) is 28.2 Å². The standard InChI is InChI=1S/C14H18Cl2N2O2/c15-11-2-1-3-12(14(11)16)18-6-4-17(5-7-18)10-13-19-8-9-20-13/h1-3,13H,4-10H2. The van der Waals surface area contributed by atoms with Crippen molar-refractivity contribution in [1.29, 1.82) is 0 Å². The van der Waals surface area contributed by atoms with Gasteiger partial charge in [0.2, 0.25) is 0 Å². The molecule has 0 aromatic heterocycles. The normalized spacial score (nSPS) is 21.6. The van der Waals surface area contributed by atoms with Crippen LogP contribution < -0.4 is 4.90 Å². The van der Waals surface area contributed by atoms with Crippen LogP contribution in [0.25, 0.3) is 0 Å². The van der Waals surface area contributed by atoms with Crippen LogP contribution in [-0.2, 0) is 9.47 Å². The summed E-state index contributed by atoms with van der Waals surface area (Å²) < 4.78 is 11.0. The monoisotopic (exact) mass is 316 g/mol. The molecule has 3 rings (SSSR count). The van der Waals surface area contributed by atoms with Gasteiger partial charge in [-0.05, 0) is 12.1 Å². The second-order valence-electron chi connectivity index (χ2n) is 5.03. The summed E-state index contributed by atoms with van der Waals surface area (Å²) in [6.45, 7) is 6.10. The van der Waals surface area contributed by atoms with E-state index >= 15 is 0 Å². The zero-order valence-corrected chi connectivity index (χ0v) is 12.7. The van der Waals surface area contributed by atoms with Crippen LogP contribution in [0.4, 0.5) is 5.69 Å². The van der Waals surface area contributed by atoms with Gasteiger partial charge in [-0.25, -0.2) is 0 Å². The number of hydrogen-bond acceptors (Lipinski definition) is 4. The van der Waals surface area contributed by atoms with Crippen LogP contribution in [0.5, 0.6) is 0 Å². The predicted molar refractivity (Wildman–Crippen MR) is 80.8 cm³/mol. The smallest absolute Gasteiger partial charge is 0.170 e. The van der Waals surface area contributed by atoms with Gasteiger partial charge < -0.3 is 14.4 Å². The van der Waals surface area contributed by atoms with Gasteiger partial charge in [0.25, 0.3) is 0 Å². The summed E-state index contributed by atoms with van der Waals surface area (Å²) in [4.78, 5) is 4.64. The Kier molecular flexibility index (Phi) is 4.68. The van der Waals surface area contributed by atoms with Crippen LogP contribution in [-0.4, -0.2) is 57.1 Å². The van der Waals surface area contributed by atoms with Gasteiger partial charge in [0, 0.05) is 32.7 Å². The van der Waals surface area contributed by atoms with Crippen molar-refractivity contribution in [3.8, 4) is 0 Å². The van der Waals surface area contributed by atoms with E-state index in [4.69, 9.17) is 32.7 Å². The second-order valence-corrected chi connectivity index (χ2v) is 5.82. The van der Waals surface area contributed by atoms with Crippen molar-refractivity contribution < 1.29 is 9.47 Å². The molecule has 0 unspecified atom stereocenters. The van der Waals surface area contributed by atoms with E-state index in [1.165, 1.54) is 0 Å². The minimum absolute atomic E-state index is 0.0590. The van der Waals surface area contributed by atoms with Gasteiger partial charge in [-0.3, -0.25) is 4.90 Å². The first-order chi connectivity index (χ1) is 9.74. The minimum atomic E-state index is -0.0590. The Morgan fingerprint density at radius 1 is 1.05 bits per heavy atom. The lowest BCUT2D eigenvalue weighted by molar-refractivity contribution is -0.0624. The van der Waals surface area contributed by atoms with E-state index in [0.717, 1.165) is 38.4 Å². The third-order valence-corrected chi connectivity index (χ3v) is 4.55. The number of nitrogens with zero attached hydrogens (tertiary/aromatic N) is 2. The number of halogens is 2. The summed E-state index contributed by atoms with van der Waals surface area (Å²) >= 11 is 12.3. The summed E-state index contributed by atoms with van der Waals surface area (Å²) in [6.07, 6.45) is -0.0590. The lowest BCUT2D eigenvalue weighted by Crippen LogP contribution is -2.48. The molecule has 1 aromatic carbocycles. The van der Waals surface area contributed by atoms with E-state index in [2.05, 4.69) is 9.80 Å². The van der Waals surface area contributed by atoms with Gasteiger partial charge in [-0.2, -0.15) is 0 Å². The Bertz CT molecular complexity index is 458. The number of rotatable bonds is 3. The number of anilines is 1. The predicted octanol–water partition coefficient (Wildman–Crippen LogP) is 2.49. The molecular formula is C14H18Cl2N2O2. The van der Waals surface area contributed by atoms with Gasteiger partial charge in [0.05, 0.1) is 28.9 Å². The van der Waals surface area contributed by atoms with E-state index in [-0.39, 0.29) is 6.29 Å². The van der Waals surface area contributed by atoms with E-state index in [1.54, 1.807) is 0 Å². The van der Waals surface area contributed by atoms with Crippen molar-refractivity contribution in [1.82, 2.24) is 4.90 Å². The zero-order valence-electron chi connectivity index (χ0n) is 11.2. The first kappa shape index (κ1) is 14.4. The number of ether oxygens (including phenoxy) is 2. The van der Waals surface area contributed by atoms with Crippen LogP contribution in [0.1, 0.15) is 0 Å². The molecule has 4 nitrogen and oxygen atoms in total. The van der Waals surface area contributed by atoms with E-state index in [1.807, 2.05) is 18.2 Å². The second kappa shape index (κ2) is 6.50. The van der Waals surface area contributed by atoms with Gasteiger partial charge >= 0.3 is 0 Å². The van der Waals surface area contributed by atoms with Gasteiger partial charge in [0.15, 0.2) is 6.29 Å². The molecule has 2 fully saturated rings.